The molecule has 6 heteroatoms. The standard InChI is InChI=1S/C21H21FN2O2S/c1-26-11-10-24(14-16-6-3-2-4-7-16)20(25)13-19-15-27-21(23-19)17-8-5-9-18(22)12-17/h2-9,12,15H,10-11,13-14H2,1H3. The fraction of sp³-hybridized carbons (Fsp3) is 0.238. The highest BCUT2D eigenvalue weighted by Crippen LogP contribution is 2.24. The number of thiazole rings is 1. The highest BCUT2D eigenvalue weighted by molar-refractivity contribution is 7.13. The molecule has 3 rings (SSSR count). The van der Waals surface area contributed by atoms with Gasteiger partial charge in [0.25, 0.3) is 0 Å². The summed E-state index contributed by atoms with van der Waals surface area (Å²) in [4.78, 5) is 19.1. The van der Waals surface area contributed by atoms with Gasteiger partial charge in [-0.2, -0.15) is 0 Å². The number of hydrogen-bond acceptors (Lipinski definition) is 4. The van der Waals surface area contributed by atoms with Gasteiger partial charge >= 0.3 is 0 Å². The van der Waals surface area contributed by atoms with Crippen molar-refractivity contribution in [3.63, 3.8) is 0 Å². The molecule has 0 aliphatic rings. The van der Waals surface area contributed by atoms with Gasteiger partial charge in [-0.15, -0.1) is 11.3 Å². The number of methoxy groups -OCH3 is 1. The Hall–Kier alpha value is -2.57. The third-order valence-corrected chi connectivity index (χ3v) is 5.03. The maximum atomic E-state index is 13.4. The van der Waals surface area contributed by atoms with Gasteiger partial charge in [0, 0.05) is 31.1 Å². The van der Waals surface area contributed by atoms with E-state index >= 15 is 0 Å². The van der Waals surface area contributed by atoms with Crippen molar-refractivity contribution in [1.82, 2.24) is 9.88 Å². The maximum Gasteiger partial charge on any atom is 0.228 e. The highest BCUT2D eigenvalue weighted by atomic mass is 32.1. The van der Waals surface area contributed by atoms with Crippen LogP contribution < -0.4 is 0 Å². The minimum atomic E-state index is -0.297. The van der Waals surface area contributed by atoms with Crippen LogP contribution in [0.25, 0.3) is 10.6 Å². The van der Waals surface area contributed by atoms with Crippen LogP contribution in [0.4, 0.5) is 4.39 Å². The Bertz CT molecular complexity index is 883. The summed E-state index contributed by atoms with van der Waals surface area (Å²) in [5.74, 6) is -0.305. The topological polar surface area (TPSA) is 42.4 Å². The molecular formula is C21H21FN2O2S. The van der Waals surface area contributed by atoms with Crippen LogP contribution in [-0.2, 0) is 22.5 Å². The van der Waals surface area contributed by atoms with E-state index < -0.39 is 0 Å². The van der Waals surface area contributed by atoms with E-state index in [0.717, 1.165) is 11.1 Å². The molecule has 1 heterocycles. The van der Waals surface area contributed by atoms with Crippen LogP contribution in [0.3, 0.4) is 0 Å². The quantitative estimate of drug-likeness (QED) is 0.585. The van der Waals surface area contributed by atoms with E-state index in [1.54, 1.807) is 18.1 Å². The van der Waals surface area contributed by atoms with Crippen molar-refractivity contribution < 1.29 is 13.9 Å². The van der Waals surface area contributed by atoms with Crippen LogP contribution in [0.1, 0.15) is 11.3 Å². The van der Waals surface area contributed by atoms with Crippen molar-refractivity contribution in [2.24, 2.45) is 0 Å². The van der Waals surface area contributed by atoms with Crippen molar-refractivity contribution in [3.05, 3.63) is 77.1 Å². The van der Waals surface area contributed by atoms with Gasteiger partial charge in [0.15, 0.2) is 0 Å². The zero-order valence-electron chi connectivity index (χ0n) is 15.1. The van der Waals surface area contributed by atoms with Crippen molar-refractivity contribution in [2.75, 3.05) is 20.3 Å². The normalized spacial score (nSPS) is 10.7. The van der Waals surface area contributed by atoms with E-state index in [2.05, 4.69) is 4.98 Å². The van der Waals surface area contributed by atoms with Crippen LogP contribution >= 0.6 is 11.3 Å². The molecule has 0 saturated heterocycles. The molecule has 140 valence electrons. The Kier molecular flexibility index (Phi) is 6.68. The first-order valence-corrected chi connectivity index (χ1v) is 9.54. The number of ether oxygens (including phenoxy) is 1. The number of benzene rings is 2. The van der Waals surface area contributed by atoms with E-state index in [-0.39, 0.29) is 18.1 Å². The lowest BCUT2D eigenvalue weighted by molar-refractivity contribution is -0.131. The summed E-state index contributed by atoms with van der Waals surface area (Å²) in [5.41, 5.74) is 2.49. The fourth-order valence-corrected chi connectivity index (χ4v) is 3.52. The van der Waals surface area contributed by atoms with Gasteiger partial charge in [0.2, 0.25) is 5.91 Å². The monoisotopic (exact) mass is 384 g/mol. The van der Waals surface area contributed by atoms with Crippen molar-refractivity contribution in [1.29, 1.82) is 0 Å². The number of carbonyl (C=O) groups excluding carboxylic acids is 1. The van der Waals surface area contributed by atoms with Crippen molar-refractivity contribution in [3.8, 4) is 10.6 Å². The highest BCUT2D eigenvalue weighted by Gasteiger charge is 2.16. The maximum absolute atomic E-state index is 13.4. The van der Waals surface area contributed by atoms with Gasteiger partial charge in [-0.25, -0.2) is 9.37 Å². The first-order chi connectivity index (χ1) is 13.2. The molecule has 3 aromatic rings. The predicted octanol–water partition coefficient (Wildman–Crippen LogP) is 4.17. The lowest BCUT2D eigenvalue weighted by atomic mass is 10.2. The minimum Gasteiger partial charge on any atom is -0.383 e. The molecule has 27 heavy (non-hydrogen) atoms. The zero-order chi connectivity index (χ0) is 19.1. The second-order valence-electron chi connectivity index (χ2n) is 6.12. The molecule has 0 radical (unpaired) electrons. The van der Waals surface area contributed by atoms with Gasteiger partial charge < -0.3 is 9.64 Å². The summed E-state index contributed by atoms with van der Waals surface area (Å²) in [7, 11) is 1.62. The predicted molar refractivity (Wildman–Crippen MR) is 105 cm³/mol. The number of amides is 1. The summed E-state index contributed by atoms with van der Waals surface area (Å²) < 4.78 is 18.5. The number of aromatic nitrogens is 1. The van der Waals surface area contributed by atoms with Gasteiger partial charge in [0.1, 0.15) is 10.8 Å². The zero-order valence-corrected chi connectivity index (χ0v) is 15.9. The second kappa shape index (κ2) is 9.39. The summed E-state index contributed by atoms with van der Waals surface area (Å²) in [6.45, 7) is 1.53. The van der Waals surface area contributed by atoms with Crippen LogP contribution in [0.15, 0.2) is 60.0 Å². The number of nitrogens with zero attached hydrogens (tertiary/aromatic N) is 2. The molecular weight excluding hydrogens is 363 g/mol. The Morgan fingerprint density at radius 2 is 2.00 bits per heavy atom. The molecule has 0 N–H and O–H groups in total. The first kappa shape index (κ1) is 19.2. The molecule has 0 saturated carbocycles. The van der Waals surface area contributed by atoms with Crippen LogP contribution in [0, 0.1) is 5.82 Å². The van der Waals surface area contributed by atoms with E-state index in [1.807, 2.05) is 41.8 Å². The molecule has 0 spiro atoms. The van der Waals surface area contributed by atoms with Gasteiger partial charge in [0.05, 0.1) is 18.7 Å². The van der Waals surface area contributed by atoms with Gasteiger partial charge in [-0.05, 0) is 17.7 Å². The van der Waals surface area contributed by atoms with Crippen molar-refractivity contribution >= 4 is 17.2 Å². The molecule has 0 unspecified atom stereocenters. The fourth-order valence-electron chi connectivity index (χ4n) is 2.71. The number of carbonyl (C=O) groups is 1. The van der Waals surface area contributed by atoms with E-state index in [9.17, 15) is 9.18 Å². The lowest BCUT2D eigenvalue weighted by Crippen LogP contribution is -2.34. The molecule has 0 aliphatic heterocycles. The Morgan fingerprint density at radius 3 is 2.74 bits per heavy atom. The smallest absolute Gasteiger partial charge is 0.228 e. The van der Waals surface area contributed by atoms with Gasteiger partial charge in [-0.1, -0.05) is 42.5 Å². The number of rotatable bonds is 8. The summed E-state index contributed by atoms with van der Waals surface area (Å²) >= 11 is 1.41. The molecule has 0 bridgehead atoms. The average Bonchev–Trinajstić information content (AvgIpc) is 3.14. The molecule has 1 aromatic heterocycles. The van der Waals surface area contributed by atoms with Crippen molar-refractivity contribution in [2.45, 2.75) is 13.0 Å². The van der Waals surface area contributed by atoms with Gasteiger partial charge in [-0.3, -0.25) is 4.79 Å². The van der Waals surface area contributed by atoms with Crippen LogP contribution in [0.2, 0.25) is 0 Å². The molecule has 0 fully saturated rings. The van der Waals surface area contributed by atoms with E-state index in [1.165, 1.54) is 23.5 Å². The second-order valence-corrected chi connectivity index (χ2v) is 6.98. The van der Waals surface area contributed by atoms with Crippen LogP contribution in [-0.4, -0.2) is 36.1 Å². The third kappa shape index (κ3) is 5.45. The van der Waals surface area contributed by atoms with E-state index in [4.69, 9.17) is 4.74 Å². The molecule has 2 aromatic carbocycles. The molecule has 0 atom stereocenters. The molecule has 1 amide bonds. The average molecular weight is 384 g/mol. The summed E-state index contributed by atoms with van der Waals surface area (Å²) in [5, 5.41) is 2.57. The largest absolute Gasteiger partial charge is 0.383 e. The molecule has 4 nitrogen and oxygen atoms in total. The summed E-state index contributed by atoms with van der Waals surface area (Å²) in [6.07, 6.45) is 0.211. The SMILES string of the molecule is COCCN(Cc1ccccc1)C(=O)Cc1csc(-c2cccc(F)c2)n1. The Morgan fingerprint density at radius 1 is 1.19 bits per heavy atom. The third-order valence-electron chi connectivity index (χ3n) is 4.09. The summed E-state index contributed by atoms with van der Waals surface area (Å²) in [6, 6.07) is 16.2. The minimum absolute atomic E-state index is 0.00741. The Labute approximate surface area is 162 Å². The lowest BCUT2D eigenvalue weighted by Gasteiger charge is -2.22. The number of hydrogen-bond donors (Lipinski definition) is 0. The first-order valence-electron chi connectivity index (χ1n) is 8.66. The molecule has 0 aliphatic carbocycles. The Balaban J connectivity index is 1.69. The number of halogens is 1. The van der Waals surface area contributed by atoms with Crippen LogP contribution in [0.5, 0.6) is 0 Å². The van der Waals surface area contributed by atoms with E-state index in [0.29, 0.717) is 30.4 Å².